The van der Waals surface area contributed by atoms with Crippen LogP contribution in [0.4, 0.5) is 0 Å². The van der Waals surface area contributed by atoms with Crippen molar-refractivity contribution in [3.05, 3.63) is 106 Å². The van der Waals surface area contributed by atoms with Crippen LogP contribution in [0.5, 0.6) is 11.5 Å². The molecule has 3 aromatic carbocycles. The summed E-state index contributed by atoms with van der Waals surface area (Å²) in [6, 6.07) is 22.1. The summed E-state index contributed by atoms with van der Waals surface area (Å²) in [5.74, 6) is 1.84. The summed E-state index contributed by atoms with van der Waals surface area (Å²) < 4.78 is 24.7. The van der Waals surface area contributed by atoms with Gasteiger partial charge in [-0.15, -0.1) is 11.3 Å². The van der Waals surface area contributed by atoms with Crippen LogP contribution in [0, 0.1) is 0 Å². The number of amides is 1. The second kappa shape index (κ2) is 12.4. The van der Waals surface area contributed by atoms with Crippen molar-refractivity contribution >= 4 is 27.3 Å². The molecule has 1 saturated heterocycles. The maximum absolute atomic E-state index is 13.8. The van der Waals surface area contributed by atoms with E-state index >= 15 is 0 Å². The fourth-order valence-electron chi connectivity index (χ4n) is 5.91. The highest BCUT2D eigenvalue weighted by atomic mass is 32.1. The van der Waals surface area contributed by atoms with Crippen molar-refractivity contribution in [2.24, 2.45) is 0 Å². The van der Waals surface area contributed by atoms with Gasteiger partial charge in [0.15, 0.2) is 17.3 Å². The third-order valence-electron chi connectivity index (χ3n) is 8.32. The smallest absolute Gasteiger partial charge is 0.288 e. The minimum atomic E-state index is -0.558. The zero-order valence-corrected chi connectivity index (χ0v) is 24.6. The van der Waals surface area contributed by atoms with Gasteiger partial charge in [-0.05, 0) is 57.3 Å². The molecule has 1 N–H and O–H groups in total. The molecular weight excluding hydrogens is 564 g/mol. The lowest BCUT2D eigenvalue weighted by molar-refractivity contribution is -0.157. The molecule has 4 heterocycles. The van der Waals surface area contributed by atoms with Gasteiger partial charge < -0.3 is 29.0 Å². The van der Waals surface area contributed by atoms with E-state index in [0.29, 0.717) is 31.9 Å². The van der Waals surface area contributed by atoms with Gasteiger partial charge in [-0.2, -0.15) is 0 Å². The van der Waals surface area contributed by atoms with Gasteiger partial charge >= 0.3 is 0 Å². The van der Waals surface area contributed by atoms with Crippen LogP contribution < -0.4 is 9.47 Å². The summed E-state index contributed by atoms with van der Waals surface area (Å²) in [5, 5.41) is 12.8. The van der Waals surface area contributed by atoms with E-state index in [1.807, 2.05) is 47.4 Å². The zero-order valence-electron chi connectivity index (χ0n) is 23.8. The van der Waals surface area contributed by atoms with E-state index < -0.39 is 6.29 Å². The Bertz CT molecular complexity index is 1630. The minimum Gasteiger partial charge on any atom is -0.459 e. The number of carbonyl (C=O) groups is 1. The lowest BCUT2D eigenvalue weighted by Gasteiger charge is -2.36. The number of allylic oxidation sites excluding steroid dienone is 1. The number of nitrogens with zero attached hydrogens (tertiary/aromatic N) is 2. The molecule has 1 fully saturated rings. The van der Waals surface area contributed by atoms with Gasteiger partial charge in [-0.25, -0.2) is 0 Å². The molecule has 222 valence electrons. The Morgan fingerprint density at radius 1 is 0.930 bits per heavy atom. The van der Waals surface area contributed by atoms with Crippen LogP contribution in [-0.4, -0.2) is 60.1 Å². The van der Waals surface area contributed by atoms with Crippen molar-refractivity contribution in [1.82, 2.24) is 9.80 Å². The molecule has 4 aromatic rings. The molecule has 0 aliphatic carbocycles. The van der Waals surface area contributed by atoms with Gasteiger partial charge in [0, 0.05) is 49.8 Å². The van der Waals surface area contributed by atoms with Gasteiger partial charge in [0.25, 0.3) is 5.91 Å². The van der Waals surface area contributed by atoms with Crippen molar-refractivity contribution in [1.29, 1.82) is 0 Å². The van der Waals surface area contributed by atoms with Crippen LogP contribution >= 0.6 is 11.3 Å². The normalized spacial score (nSPS) is 20.2. The number of hydrogen-bond acceptors (Lipinski definition) is 8. The first-order valence-electron chi connectivity index (χ1n) is 14.7. The Hall–Kier alpha value is -3.89. The van der Waals surface area contributed by atoms with Gasteiger partial charge in [0.1, 0.15) is 0 Å². The van der Waals surface area contributed by atoms with E-state index in [0.717, 1.165) is 42.3 Å². The van der Waals surface area contributed by atoms with Crippen LogP contribution in [0.15, 0.2) is 83.9 Å². The van der Waals surface area contributed by atoms with E-state index in [4.69, 9.17) is 18.9 Å². The van der Waals surface area contributed by atoms with Gasteiger partial charge in [-0.3, -0.25) is 9.69 Å². The number of hydrogen-bond donors (Lipinski definition) is 1. The molecule has 0 spiro atoms. The Morgan fingerprint density at radius 3 is 2.53 bits per heavy atom. The number of fused-ring (bicyclic) bond motifs is 2. The molecule has 0 bridgehead atoms. The molecule has 7 rings (SSSR count). The average Bonchev–Trinajstić information content (AvgIpc) is 3.71. The Labute approximate surface area is 254 Å². The zero-order chi connectivity index (χ0) is 29.2. The third kappa shape index (κ3) is 6.12. The van der Waals surface area contributed by atoms with Gasteiger partial charge in [0.05, 0.1) is 13.2 Å². The van der Waals surface area contributed by atoms with Crippen molar-refractivity contribution in [2.75, 3.05) is 33.0 Å². The molecule has 43 heavy (non-hydrogen) atoms. The third-order valence-corrected chi connectivity index (χ3v) is 9.30. The van der Waals surface area contributed by atoms with Crippen LogP contribution in [0.2, 0.25) is 0 Å². The number of carbonyl (C=O) groups excluding carboxylic acids is 1. The van der Waals surface area contributed by atoms with E-state index in [1.54, 1.807) is 11.3 Å². The molecule has 1 amide bonds. The molecular formula is C34H34N2O6S. The van der Waals surface area contributed by atoms with Crippen molar-refractivity contribution < 1.29 is 28.8 Å². The molecule has 2 atom stereocenters. The maximum atomic E-state index is 13.8. The summed E-state index contributed by atoms with van der Waals surface area (Å²) in [6.07, 6.45) is 2.05. The Kier molecular flexibility index (Phi) is 8.04. The van der Waals surface area contributed by atoms with Crippen LogP contribution in [0.3, 0.4) is 0 Å². The lowest BCUT2D eigenvalue weighted by Crippen LogP contribution is -2.49. The number of ether oxygens (including phenoxy) is 4. The predicted octanol–water partition coefficient (Wildman–Crippen LogP) is 5.40. The number of rotatable bonds is 8. The second-order valence-electron chi connectivity index (χ2n) is 11.1. The first-order chi connectivity index (χ1) is 21.1. The maximum Gasteiger partial charge on any atom is 0.288 e. The molecule has 0 unspecified atom stereocenters. The molecule has 0 radical (unpaired) electrons. The SMILES string of the molecule is O=C(C1=C[C@@H](c2csc3ccccc23)C[C@@H](OCc2ccc(CO)cc2)O1)N1CCN(Cc2ccc3c(c2)OCO3)CC1. The van der Waals surface area contributed by atoms with Crippen LogP contribution in [-0.2, 0) is 34.0 Å². The number of benzene rings is 3. The minimum absolute atomic E-state index is 0.00193. The summed E-state index contributed by atoms with van der Waals surface area (Å²) in [7, 11) is 0. The average molecular weight is 599 g/mol. The predicted molar refractivity (Wildman–Crippen MR) is 164 cm³/mol. The Morgan fingerprint density at radius 2 is 1.70 bits per heavy atom. The molecule has 3 aliphatic rings. The van der Waals surface area contributed by atoms with E-state index in [9.17, 15) is 9.90 Å². The van der Waals surface area contributed by atoms with Crippen LogP contribution in [0.1, 0.15) is 34.6 Å². The van der Waals surface area contributed by atoms with Crippen molar-refractivity contribution in [3.8, 4) is 11.5 Å². The van der Waals surface area contributed by atoms with Crippen molar-refractivity contribution in [3.63, 3.8) is 0 Å². The van der Waals surface area contributed by atoms with Gasteiger partial charge in [-0.1, -0.05) is 48.5 Å². The number of thiophene rings is 1. The van der Waals surface area contributed by atoms with E-state index in [-0.39, 0.29) is 25.2 Å². The quantitative estimate of drug-likeness (QED) is 0.291. The molecule has 0 saturated carbocycles. The monoisotopic (exact) mass is 598 g/mol. The lowest BCUT2D eigenvalue weighted by atomic mass is 9.92. The highest BCUT2D eigenvalue weighted by Gasteiger charge is 2.33. The van der Waals surface area contributed by atoms with Gasteiger partial charge in [0.2, 0.25) is 13.1 Å². The summed E-state index contributed by atoms with van der Waals surface area (Å²) in [4.78, 5) is 18.1. The second-order valence-corrected chi connectivity index (χ2v) is 12.1. The Balaban J connectivity index is 1.04. The molecule has 3 aliphatic heterocycles. The molecule has 9 heteroatoms. The van der Waals surface area contributed by atoms with E-state index in [2.05, 4.69) is 40.6 Å². The summed E-state index contributed by atoms with van der Waals surface area (Å²) in [5.41, 5.74) is 4.20. The fraction of sp³-hybridized carbons (Fsp3) is 0.324. The number of piperazine rings is 1. The fourth-order valence-corrected chi connectivity index (χ4v) is 6.93. The largest absolute Gasteiger partial charge is 0.459 e. The number of aliphatic hydroxyl groups excluding tert-OH is 1. The first-order valence-corrected chi connectivity index (χ1v) is 15.6. The van der Waals surface area contributed by atoms with E-state index in [1.165, 1.54) is 21.2 Å². The highest BCUT2D eigenvalue weighted by molar-refractivity contribution is 7.17. The standard InChI is InChI=1S/C34H34N2O6S/c37-19-23-5-7-24(8-6-23)20-39-33-17-26(28-21-43-32-4-2-1-3-27(28)32)16-31(42-33)34(38)36-13-11-35(12-14-36)18-25-9-10-29-30(15-25)41-22-40-29/h1-10,15-16,21,26,33,37H,11-14,17-20,22H2/t26-,33+/m1/s1. The summed E-state index contributed by atoms with van der Waals surface area (Å²) >= 11 is 1.72. The molecule has 1 aromatic heterocycles. The number of aliphatic hydroxyl groups is 1. The van der Waals surface area contributed by atoms with Crippen molar-refractivity contribution in [2.45, 2.75) is 38.4 Å². The first kappa shape index (κ1) is 27.9. The molecule has 8 nitrogen and oxygen atoms in total. The van der Waals surface area contributed by atoms with Crippen LogP contribution in [0.25, 0.3) is 10.1 Å². The highest BCUT2D eigenvalue weighted by Crippen LogP contribution is 2.39. The summed E-state index contributed by atoms with van der Waals surface area (Å²) in [6.45, 7) is 4.22. The topological polar surface area (TPSA) is 80.7 Å².